The standard InChI is InChI=1S/C23H29ClN2O3/c1-16(2)13-25-23(28)18(4)26(14-19-10-6-5-9-17(19)3)22(27)15-29-21-12-8-7-11-20(21)24/h5-12,16,18H,13-15H2,1-4H3,(H,25,28)/t18-/m0/s1. The number of halogens is 1. The van der Waals surface area contributed by atoms with E-state index in [1.54, 1.807) is 36.1 Å². The van der Waals surface area contributed by atoms with E-state index in [4.69, 9.17) is 16.3 Å². The third-order valence-corrected chi connectivity index (χ3v) is 4.95. The number of hydrogen-bond acceptors (Lipinski definition) is 3. The van der Waals surface area contributed by atoms with E-state index >= 15 is 0 Å². The molecule has 1 N–H and O–H groups in total. The third kappa shape index (κ3) is 6.79. The molecule has 0 radical (unpaired) electrons. The van der Waals surface area contributed by atoms with Crippen LogP contribution in [0.15, 0.2) is 48.5 Å². The molecule has 0 heterocycles. The molecule has 0 saturated heterocycles. The highest BCUT2D eigenvalue weighted by molar-refractivity contribution is 6.32. The van der Waals surface area contributed by atoms with Crippen molar-refractivity contribution in [3.05, 3.63) is 64.7 Å². The lowest BCUT2D eigenvalue weighted by molar-refractivity contribution is -0.142. The van der Waals surface area contributed by atoms with Crippen LogP contribution in [0.3, 0.4) is 0 Å². The molecule has 2 aromatic carbocycles. The number of amides is 2. The molecule has 2 rings (SSSR count). The van der Waals surface area contributed by atoms with Crippen LogP contribution >= 0.6 is 11.6 Å². The van der Waals surface area contributed by atoms with Crippen LogP contribution in [0, 0.1) is 12.8 Å². The summed E-state index contributed by atoms with van der Waals surface area (Å²) in [4.78, 5) is 27.2. The van der Waals surface area contributed by atoms with Crippen LogP contribution in [0.25, 0.3) is 0 Å². The SMILES string of the molecule is Cc1ccccc1CN(C(=O)COc1ccccc1Cl)[C@@H](C)C(=O)NCC(C)C. The fraction of sp³-hybridized carbons (Fsp3) is 0.391. The molecule has 1 atom stereocenters. The Balaban J connectivity index is 2.16. The van der Waals surface area contributed by atoms with Crippen molar-refractivity contribution in [2.45, 2.75) is 40.3 Å². The predicted octanol–water partition coefficient (Wildman–Crippen LogP) is 4.22. The number of carbonyl (C=O) groups is 2. The first-order valence-corrected chi connectivity index (χ1v) is 10.2. The second kappa shape index (κ2) is 10.9. The Morgan fingerprint density at radius 1 is 1.07 bits per heavy atom. The highest BCUT2D eigenvalue weighted by Crippen LogP contribution is 2.23. The molecule has 5 nitrogen and oxygen atoms in total. The number of hydrogen-bond donors (Lipinski definition) is 1. The summed E-state index contributed by atoms with van der Waals surface area (Å²) in [5.74, 6) is 0.309. The Kier molecular flexibility index (Phi) is 8.52. The molecule has 0 saturated carbocycles. The number of aryl methyl sites for hydroxylation is 1. The fourth-order valence-corrected chi connectivity index (χ4v) is 2.98. The molecule has 0 aliphatic rings. The Morgan fingerprint density at radius 2 is 1.72 bits per heavy atom. The van der Waals surface area contributed by atoms with Gasteiger partial charge in [-0.25, -0.2) is 0 Å². The van der Waals surface area contributed by atoms with Gasteiger partial charge < -0.3 is 15.0 Å². The number of nitrogens with zero attached hydrogens (tertiary/aromatic N) is 1. The first-order chi connectivity index (χ1) is 13.8. The Bertz CT molecular complexity index is 838. The normalized spacial score (nSPS) is 11.8. The van der Waals surface area contributed by atoms with Crippen molar-refractivity contribution in [1.82, 2.24) is 10.2 Å². The average Bonchev–Trinajstić information content (AvgIpc) is 2.70. The van der Waals surface area contributed by atoms with Crippen LogP contribution in [-0.4, -0.2) is 35.9 Å². The number of carbonyl (C=O) groups excluding carboxylic acids is 2. The minimum Gasteiger partial charge on any atom is -0.482 e. The molecule has 0 fully saturated rings. The Labute approximate surface area is 178 Å². The number of rotatable bonds is 9. The highest BCUT2D eigenvalue weighted by atomic mass is 35.5. The van der Waals surface area contributed by atoms with Gasteiger partial charge in [-0.15, -0.1) is 0 Å². The summed E-state index contributed by atoms with van der Waals surface area (Å²) in [6.07, 6.45) is 0. The molecule has 0 aliphatic heterocycles. The molecular weight excluding hydrogens is 388 g/mol. The van der Waals surface area contributed by atoms with Gasteiger partial charge in [-0.1, -0.05) is 61.8 Å². The van der Waals surface area contributed by atoms with Gasteiger partial charge in [0.05, 0.1) is 5.02 Å². The lowest BCUT2D eigenvalue weighted by atomic mass is 10.1. The lowest BCUT2D eigenvalue weighted by Gasteiger charge is -2.29. The van der Waals surface area contributed by atoms with E-state index in [0.717, 1.165) is 11.1 Å². The lowest BCUT2D eigenvalue weighted by Crippen LogP contribution is -2.49. The van der Waals surface area contributed by atoms with E-state index in [9.17, 15) is 9.59 Å². The largest absolute Gasteiger partial charge is 0.482 e. The summed E-state index contributed by atoms with van der Waals surface area (Å²) < 4.78 is 5.62. The van der Waals surface area contributed by atoms with Crippen molar-refractivity contribution >= 4 is 23.4 Å². The van der Waals surface area contributed by atoms with Crippen molar-refractivity contribution in [1.29, 1.82) is 0 Å². The van der Waals surface area contributed by atoms with Gasteiger partial charge in [0.25, 0.3) is 5.91 Å². The van der Waals surface area contributed by atoms with Gasteiger partial charge in [0.1, 0.15) is 11.8 Å². The van der Waals surface area contributed by atoms with Crippen LogP contribution in [0.2, 0.25) is 5.02 Å². The quantitative estimate of drug-likeness (QED) is 0.665. The van der Waals surface area contributed by atoms with Crippen LogP contribution < -0.4 is 10.1 Å². The minimum absolute atomic E-state index is 0.182. The maximum atomic E-state index is 13.0. The number of ether oxygens (including phenoxy) is 1. The number of para-hydroxylation sites is 1. The summed E-state index contributed by atoms with van der Waals surface area (Å²) in [7, 11) is 0. The van der Waals surface area contributed by atoms with Gasteiger partial charge in [0, 0.05) is 13.1 Å². The fourth-order valence-electron chi connectivity index (χ4n) is 2.79. The molecule has 29 heavy (non-hydrogen) atoms. The molecular formula is C23H29ClN2O3. The van der Waals surface area contributed by atoms with E-state index in [0.29, 0.717) is 29.8 Å². The summed E-state index contributed by atoms with van der Waals surface area (Å²) >= 11 is 6.11. The summed E-state index contributed by atoms with van der Waals surface area (Å²) in [6.45, 7) is 8.47. The Hall–Kier alpha value is -2.53. The molecule has 6 heteroatoms. The topological polar surface area (TPSA) is 58.6 Å². The zero-order valence-corrected chi connectivity index (χ0v) is 18.2. The van der Waals surface area contributed by atoms with Crippen LogP contribution in [0.5, 0.6) is 5.75 Å². The van der Waals surface area contributed by atoms with Crippen molar-refractivity contribution in [3.63, 3.8) is 0 Å². The second-order valence-corrected chi connectivity index (χ2v) is 7.89. The van der Waals surface area contributed by atoms with Crippen LogP contribution in [0.1, 0.15) is 31.9 Å². The first-order valence-electron chi connectivity index (χ1n) is 9.78. The monoisotopic (exact) mass is 416 g/mol. The maximum absolute atomic E-state index is 13.0. The van der Waals surface area contributed by atoms with Gasteiger partial charge >= 0.3 is 0 Å². The molecule has 0 unspecified atom stereocenters. The van der Waals surface area contributed by atoms with Gasteiger partial charge in [-0.05, 0) is 43.0 Å². The predicted molar refractivity (Wildman–Crippen MR) is 116 cm³/mol. The average molecular weight is 417 g/mol. The second-order valence-electron chi connectivity index (χ2n) is 7.48. The van der Waals surface area contributed by atoms with Gasteiger partial charge in [-0.3, -0.25) is 9.59 Å². The molecule has 0 aliphatic carbocycles. The third-order valence-electron chi connectivity index (χ3n) is 4.64. The smallest absolute Gasteiger partial charge is 0.261 e. The maximum Gasteiger partial charge on any atom is 0.261 e. The van der Waals surface area contributed by atoms with Crippen molar-refractivity contribution < 1.29 is 14.3 Å². The molecule has 2 amide bonds. The number of benzene rings is 2. The minimum atomic E-state index is -0.629. The van der Waals surface area contributed by atoms with Crippen molar-refractivity contribution in [3.8, 4) is 5.75 Å². The van der Waals surface area contributed by atoms with Gasteiger partial charge in [-0.2, -0.15) is 0 Å². The van der Waals surface area contributed by atoms with E-state index < -0.39 is 6.04 Å². The zero-order valence-electron chi connectivity index (χ0n) is 17.4. The summed E-state index contributed by atoms with van der Waals surface area (Å²) in [5, 5.41) is 3.34. The molecule has 2 aromatic rings. The van der Waals surface area contributed by atoms with Crippen molar-refractivity contribution in [2.75, 3.05) is 13.2 Å². The molecule has 0 bridgehead atoms. The van der Waals surface area contributed by atoms with E-state index in [-0.39, 0.29) is 18.4 Å². The van der Waals surface area contributed by atoms with E-state index in [1.165, 1.54) is 0 Å². The van der Waals surface area contributed by atoms with Crippen molar-refractivity contribution in [2.24, 2.45) is 5.92 Å². The van der Waals surface area contributed by atoms with Crippen LogP contribution in [-0.2, 0) is 16.1 Å². The molecule has 0 aromatic heterocycles. The Morgan fingerprint density at radius 3 is 2.38 bits per heavy atom. The van der Waals surface area contributed by atoms with E-state index in [1.807, 2.05) is 45.0 Å². The van der Waals surface area contributed by atoms with Gasteiger partial charge in [0.2, 0.25) is 5.91 Å². The van der Waals surface area contributed by atoms with Gasteiger partial charge in [0.15, 0.2) is 6.61 Å². The van der Waals surface area contributed by atoms with E-state index in [2.05, 4.69) is 5.32 Å². The summed E-state index contributed by atoms with van der Waals surface area (Å²) in [5.41, 5.74) is 2.05. The number of nitrogens with one attached hydrogen (secondary N) is 1. The van der Waals surface area contributed by atoms with Crippen LogP contribution in [0.4, 0.5) is 0 Å². The zero-order chi connectivity index (χ0) is 21.4. The summed E-state index contributed by atoms with van der Waals surface area (Å²) in [6, 6.07) is 14.2. The first kappa shape index (κ1) is 22.8. The molecule has 156 valence electrons. The highest BCUT2D eigenvalue weighted by Gasteiger charge is 2.27. The molecule has 0 spiro atoms.